The average Bonchev–Trinajstić information content (AvgIpc) is 3.09. The molecule has 0 radical (unpaired) electrons. The molecule has 3 rings (SSSR count). The average molecular weight is 469 g/mol. The molecule has 180 valence electrons. The number of benzene rings is 2. The Hall–Kier alpha value is -3.72. The van der Waals surface area contributed by atoms with Gasteiger partial charge in [0.1, 0.15) is 11.5 Å². The fourth-order valence-electron chi connectivity index (χ4n) is 3.81. The van der Waals surface area contributed by atoms with E-state index >= 15 is 0 Å². The predicted octanol–water partition coefficient (Wildman–Crippen LogP) is 4.23. The first kappa shape index (κ1) is 24.9. The number of carbonyl (C=O) groups is 2. The SMILES string of the molecule is CCCCOc1ccc(/C(O)=C2\C(=O)C(=O)N(CCCOC)C2c2ccc([N+](=O)[O-])cc2)cc1. The van der Waals surface area contributed by atoms with Gasteiger partial charge in [-0.05, 0) is 54.8 Å². The highest BCUT2D eigenvalue weighted by atomic mass is 16.6. The molecule has 9 heteroatoms. The van der Waals surface area contributed by atoms with Crippen LogP contribution in [0.4, 0.5) is 5.69 Å². The normalized spacial score (nSPS) is 17.2. The van der Waals surface area contributed by atoms with Crippen molar-refractivity contribution >= 4 is 23.1 Å². The third-order valence-electron chi connectivity index (χ3n) is 5.60. The van der Waals surface area contributed by atoms with Gasteiger partial charge < -0.3 is 19.5 Å². The number of hydrogen-bond donors (Lipinski definition) is 1. The maximum Gasteiger partial charge on any atom is 0.295 e. The second-order valence-corrected chi connectivity index (χ2v) is 7.91. The van der Waals surface area contributed by atoms with Crippen molar-refractivity contribution in [3.05, 3.63) is 75.3 Å². The number of nitrogens with zero attached hydrogens (tertiary/aromatic N) is 2. The van der Waals surface area contributed by atoms with E-state index in [1.165, 1.54) is 36.3 Å². The molecule has 0 spiro atoms. The van der Waals surface area contributed by atoms with Crippen molar-refractivity contribution in [2.24, 2.45) is 0 Å². The molecule has 1 aliphatic heterocycles. The van der Waals surface area contributed by atoms with Gasteiger partial charge >= 0.3 is 0 Å². The zero-order chi connectivity index (χ0) is 24.7. The third kappa shape index (κ3) is 5.43. The van der Waals surface area contributed by atoms with Crippen LogP contribution in [0.25, 0.3) is 5.76 Å². The Kier molecular flexibility index (Phi) is 8.37. The molecule has 1 N–H and O–H groups in total. The number of methoxy groups -OCH3 is 1. The Bertz CT molecular complexity index is 1060. The van der Waals surface area contributed by atoms with E-state index < -0.39 is 22.7 Å². The van der Waals surface area contributed by atoms with E-state index in [2.05, 4.69) is 6.92 Å². The quantitative estimate of drug-likeness (QED) is 0.131. The highest BCUT2D eigenvalue weighted by Crippen LogP contribution is 2.40. The summed E-state index contributed by atoms with van der Waals surface area (Å²) in [6.07, 6.45) is 2.41. The van der Waals surface area contributed by atoms with E-state index in [1.807, 2.05) is 0 Å². The lowest BCUT2D eigenvalue weighted by molar-refractivity contribution is -0.384. The fourth-order valence-corrected chi connectivity index (χ4v) is 3.81. The van der Waals surface area contributed by atoms with Gasteiger partial charge in [0.2, 0.25) is 0 Å². The van der Waals surface area contributed by atoms with E-state index in [9.17, 15) is 24.8 Å². The number of nitro groups is 1. The zero-order valence-electron chi connectivity index (χ0n) is 19.2. The van der Waals surface area contributed by atoms with Crippen LogP contribution in [0, 0.1) is 10.1 Å². The first-order valence-electron chi connectivity index (χ1n) is 11.1. The van der Waals surface area contributed by atoms with Gasteiger partial charge in [0.25, 0.3) is 17.4 Å². The molecule has 1 atom stereocenters. The van der Waals surface area contributed by atoms with Crippen LogP contribution in [0.3, 0.4) is 0 Å². The number of hydrogen-bond acceptors (Lipinski definition) is 7. The van der Waals surface area contributed by atoms with Crippen molar-refractivity contribution in [3.63, 3.8) is 0 Å². The summed E-state index contributed by atoms with van der Waals surface area (Å²) in [4.78, 5) is 37.8. The van der Waals surface area contributed by atoms with E-state index in [0.717, 1.165) is 12.8 Å². The monoisotopic (exact) mass is 468 g/mol. The van der Waals surface area contributed by atoms with E-state index in [0.29, 0.717) is 36.5 Å². The molecule has 34 heavy (non-hydrogen) atoms. The lowest BCUT2D eigenvalue weighted by Gasteiger charge is -2.25. The molecule has 1 unspecified atom stereocenters. The number of rotatable bonds is 11. The summed E-state index contributed by atoms with van der Waals surface area (Å²) in [7, 11) is 1.54. The largest absolute Gasteiger partial charge is 0.507 e. The number of unbranched alkanes of at least 4 members (excludes halogenated alkanes) is 1. The number of ketones is 1. The number of aliphatic hydroxyl groups excluding tert-OH is 1. The maximum atomic E-state index is 13.0. The molecule has 2 aromatic rings. The molecule has 2 aromatic carbocycles. The Morgan fingerprint density at radius 2 is 1.74 bits per heavy atom. The summed E-state index contributed by atoms with van der Waals surface area (Å²) >= 11 is 0. The molecule has 1 saturated heterocycles. The summed E-state index contributed by atoms with van der Waals surface area (Å²) in [6.45, 7) is 3.25. The van der Waals surface area contributed by atoms with Crippen LogP contribution >= 0.6 is 0 Å². The minimum atomic E-state index is -0.877. The summed E-state index contributed by atoms with van der Waals surface area (Å²) < 4.78 is 10.7. The number of non-ortho nitro benzene ring substituents is 1. The molecular formula is C25H28N2O7. The summed E-state index contributed by atoms with van der Waals surface area (Å²) in [5.41, 5.74) is 0.683. The summed E-state index contributed by atoms with van der Waals surface area (Å²) in [5, 5.41) is 22.1. The standard InChI is InChI=1S/C25H28N2O7/c1-3-4-16-34-20-12-8-18(9-13-20)23(28)21-22(17-6-10-19(11-7-17)27(31)32)26(14-5-15-33-2)25(30)24(21)29/h6-13,22,28H,3-5,14-16H2,1-2H3/b23-21+. The van der Waals surface area contributed by atoms with Gasteiger partial charge in [0.15, 0.2) is 0 Å². The van der Waals surface area contributed by atoms with Gasteiger partial charge in [-0.15, -0.1) is 0 Å². The Balaban J connectivity index is 2.00. The lowest BCUT2D eigenvalue weighted by Crippen LogP contribution is -2.31. The number of carbonyl (C=O) groups excluding carboxylic acids is 2. The summed E-state index contributed by atoms with van der Waals surface area (Å²) in [6, 6.07) is 11.4. The second kappa shape index (κ2) is 11.4. The van der Waals surface area contributed by atoms with E-state index in [-0.39, 0.29) is 23.6 Å². The smallest absolute Gasteiger partial charge is 0.295 e. The van der Waals surface area contributed by atoms with Crippen LogP contribution in [0.15, 0.2) is 54.1 Å². The Morgan fingerprint density at radius 1 is 1.06 bits per heavy atom. The van der Waals surface area contributed by atoms with Crippen molar-refractivity contribution < 1.29 is 29.1 Å². The lowest BCUT2D eigenvalue weighted by atomic mass is 9.95. The molecule has 1 heterocycles. The van der Waals surface area contributed by atoms with Crippen LogP contribution < -0.4 is 4.74 Å². The van der Waals surface area contributed by atoms with Crippen LogP contribution in [-0.4, -0.2) is 53.5 Å². The van der Waals surface area contributed by atoms with E-state index in [4.69, 9.17) is 9.47 Å². The van der Waals surface area contributed by atoms with Crippen molar-refractivity contribution in [2.45, 2.75) is 32.2 Å². The Labute approximate surface area is 197 Å². The molecular weight excluding hydrogens is 440 g/mol. The second-order valence-electron chi connectivity index (χ2n) is 7.91. The molecule has 0 bridgehead atoms. The van der Waals surface area contributed by atoms with Crippen molar-refractivity contribution in [1.82, 2.24) is 4.90 Å². The number of ether oxygens (including phenoxy) is 2. The van der Waals surface area contributed by atoms with Gasteiger partial charge in [-0.2, -0.15) is 0 Å². The van der Waals surface area contributed by atoms with Crippen LogP contribution in [0.5, 0.6) is 5.75 Å². The molecule has 0 aliphatic carbocycles. The first-order chi connectivity index (χ1) is 16.4. The molecule has 0 aromatic heterocycles. The number of aliphatic hydroxyl groups is 1. The molecule has 1 aliphatic rings. The number of Topliss-reactive ketones (excluding diaryl/α,β-unsaturated/α-hetero) is 1. The van der Waals surface area contributed by atoms with Gasteiger partial charge in [-0.1, -0.05) is 13.3 Å². The highest BCUT2D eigenvalue weighted by Gasteiger charge is 2.45. The highest BCUT2D eigenvalue weighted by molar-refractivity contribution is 6.46. The van der Waals surface area contributed by atoms with Crippen LogP contribution in [0.1, 0.15) is 43.4 Å². The van der Waals surface area contributed by atoms with Crippen molar-refractivity contribution in [1.29, 1.82) is 0 Å². The summed E-state index contributed by atoms with van der Waals surface area (Å²) in [5.74, 6) is -1.21. The van der Waals surface area contributed by atoms with Gasteiger partial charge in [0.05, 0.1) is 23.1 Å². The van der Waals surface area contributed by atoms with Crippen molar-refractivity contribution in [3.8, 4) is 5.75 Å². The topological polar surface area (TPSA) is 119 Å². The van der Waals surface area contributed by atoms with Crippen LogP contribution in [0.2, 0.25) is 0 Å². The first-order valence-corrected chi connectivity index (χ1v) is 11.1. The third-order valence-corrected chi connectivity index (χ3v) is 5.60. The number of likely N-dealkylation sites (tertiary alicyclic amines) is 1. The zero-order valence-corrected chi connectivity index (χ0v) is 19.2. The van der Waals surface area contributed by atoms with E-state index in [1.54, 1.807) is 24.3 Å². The number of amides is 1. The molecule has 1 amide bonds. The molecule has 1 fully saturated rings. The minimum Gasteiger partial charge on any atom is -0.507 e. The van der Waals surface area contributed by atoms with Gasteiger partial charge in [0, 0.05) is 38.0 Å². The van der Waals surface area contributed by atoms with Crippen molar-refractivity contribution in [2.75, 3.05) is 26.9 Å². The minimum absolute atomic E-state index is 0.0593. The number of nitro benzene ring substituents is 1. The van der Waals surface area contributed by atoms with Gasteiger partial charge in [-0.3, -0.25) is 19.7 Å². The Morgan fingerprint density at radius 3 is 2.32 bits per heavy atom. The van der Waals surface area contributed by atoms with Crippen LogP contribution in [-0.2, 0) is 14.3 Å². The van der Waals surface area contributed by atoms with Gasteiger partial charge in [-0.25, -0.2) is 0 Å². The molecule has 9 nitrogen and oxygen atoms in total. The fraction of sp³-hybridized carbons (Fsp3) is 0.360. The maximum absolute atomic E-state index is 13.0. The predicted molar refractivity (Wildman–Crippen MR) is 125 cm³/mol. The molecule has 0 saturated carbocycles.